The molecule has 0 aliphatic heterocycles. The number of esters is 1. The van der Waals surface area contributed by atoms with Crippen molar-refractivity contribution in [3.05, 3.63) is 92.1 Å². The third kappa shape index (κ3) is 5.70. The van der Waals surface area contributed by atoms with Crippen LogP contribution >= 0.6 is 11.6 Å². The number of H-pyrrole nitrogens is 1. The topological polar surface area (TPSA) is 110 Å². The molecule has 0 saturated carbocycles. The normalized spacial score (nSPS) is 11.5. The first-order valence-corrected chi connectivity index (χ1v) is 9.76. The molecule has 31 heavy (non-hydrogen) atoms. The molecule has 8 nitrogen and oxygen atoms in total. The van der Waals surface area contributed by atoms with Gasteiger partial charge in [-0.1, -0.05) is 54.1 Å². The quantitative estimate of drug-likeness (QED) is 0.543. The maximum absolute atomic E-state index is 12.5. The van der Waals surface area contributed by atoms with Crippen LogP contribution in [0.3, 0.4) is 0 Å². The lowest BCUT2D eigenvalue weighted by atomic mass is 10.1. The standard InChI is InChI=1S/C22H20ClN3O5/c1-31-21(29)18(11-14-5-3-2-4-6-14)24-19(27)13-26-20(28)12-17(25-22(26)30)15-7-9-16(23)10-8-15/h2-10,12,18H,11,13H2,1H3,(H,24,27)(H,25,30). The van der Waals surface area contributed by atoms with Crippen LogP contribution in [0.4, 0.5) is 0 Å². The molecule has 2 N–H and O–H groups in total. The minimum atomic E-state index is -0.956. The third-order valence-electron chi connectivity index (χ3n) is 4.58. The second-order valence-electron chi connectivity index (χ2n) is 6.75. The van der Waals surface area contributed by atoms with E-state index in [0.717, 1.165) is 10.1 Å². The molecular formula is C22H20ClN3O5. The third-order valence-corrected chi connectivity index (χ3v) is 4.83. The summed E-state index contributed by atoms with van der Waals surface area (Å²) in [5.74, 6) is -1.30. The van der Waals surface area contributed by atoms with E-state index < -0.39 is 35.7 Å². The highest BCUT2D eigenvalue weighted by atomic mass is 35.5. The van der Waals surface area contributed by atoms with Crippen LogP contribution < -0.4 is 16.6 Å². The minimum absolute atomic E-state index is 0.208. The van der Waals surface area contributed by atoms with Crippen LogP contribution in [0.2, 0.25) is 5.02 Å². The second-order valence-corrected chi connectivity index (χ2v) is 7.19. The first-order valence-electron chi connectivity index (χ1n) is 9.38. The molecule has 1 aromatic heterocycles. The van der Waals surface area contributed by atoms with Crippen molar-refractivity contribution in [2.45, 2.75) is 19.0 Å². The fourth-order valence-corrected chi connectivity index (χ4v) is 3.15. The summed E-state index contributed by atoms with van der Waals surface area (Å²) in [6.07, 6.45) is 0.208. The number of rotatable bonds is 7. The van der Waals surface area contributed by atoms with E-state index in [-0.39, 0.29) is 6.42 Å². The zero-order chi connectivity index (χ0) is 22.4. The number of hydrogen-bond donors (Lipinski definition) is 2. The lowest BCUT2D eigenvalue weighted by Gasteiger charge is -2.17. The molecule has 1 atom stereocenters. The number of carbonyl (C=O) groups excluding carboxylic acids is 2. The van der Waals surface area contributed by atoms with Crippen molar-refractivity contribution < 1.29 is 14.3 Å². The van der Waals surface area contributed by atoms with Crippen molar-refractivity contribution >= 4 is 23.5 Å². The molecule has 9 heteroatoms. The molecule has 3 rings (SSSR count). The molecule has 0 radical (unpaired) electrons. The van der Waals surface area contributed by atoms with E-state index in [4.69, 9.17) is 16.3 Å². The predicted octanol–water partition coefficient (Wildman–Crippen LogP) is 1.76. The van der Waals surface area contributed by atoms with Gasteiger partial charge in [0, 0.05) is 17.5 Å². The fraction of sp³-hybridized carbons (Fsp3) is 0.182. The van der Waals surface area contributed by atoms with Crippen molar-refractivity contribution in [1.29, 1.82) is 0 Å². The van der Waals surface area contributed by atoms with Gasteiger partial charge >= 0.3 is 11.7 Å². The van der Waals surface area contributed by atoms with Gasteiger partial charge in [-0.3, -0.25) is 14.2 Å². The Bertz CT molecular complexity index is 1160. The van der Waals surface area contributed by atoms with Gasteiger partial charge in [0.25, 0.3) is 5.56 Å². The molecular weight excluding hydrogens is 422 g/mol. The summed E-state index contributed by atoms with van der Waals surface area (Å²) in [4.78, 5) is 52.0. The van der Waals surface area contributed by atoms with Crippen LogP contribution in [-0.4, -0.2) is 34.6 Å². The summed E-state index contributed by atoms with van der Waals surface area (Å²) in [7, 11) is 1.22. The number of hydrogen-bond acceptors (Lipinski definition) is 5. The van der Waals surface area contributed by atoms with Crippen molar-refractivity contribution in [2.24, 2.45) is 0 Å². The van der Waals surface area contributed by atoms with Gasteiger partial charge in [-0.2, -0.15) is 0 Å². The monoisotopic (exact) mass is 441 g/mol. The highest BCUT2D eigenvalue weighted by molar-refractivity contribution is 6.30. The molecule has 2 aromatic carbocycles. The van der Waals surface area contributed by atoms with Crippen molar-refractivity contribution in [1.82, 2.24) is 14.9 Å². The number of amides is 1. The van der Waals surface area contributed by atoms with Gasteiger partial charge in [0.1, 0.15) is 12.6 Å². The number of methoxy groups -OCH3 is 1. The van der Waals surface area contributed by atoms with E-state index >= 15 is 0 Å². The number of halogens is 1. The van der Waals surface area contributed by atoms with Crippen LogP contribution in [-0.2, 0) is 27.3 Å². The second kappa shape index (κ2) is 9.90. The zero-order valence-electron chi connectivity index (χ0n) is 16.6. The summed E-state index contributed by atoms with van der Waals surface area (Å²) in [6, 6.07) is 15.9. The van der Waals surface area contributed by atoms with Crippen LogP contribution in [0, 0.1) is 0 Å². The molecule has 0 aliphatic rings. The first-order chi connectivity index (χ1) is 14.9. The number of nitrogens with zero attached hydrogens (tertiary/aromatic N) is 1. The average Bonchev–Trinajstić information content (AvgIpc) is 2.76. The Morgan fingerprint density at radius 2 is 1.77 bits per heavy atom. The molecule has 1 unspecified atom stereocenters. The van der Waals surface area contributed by atoms with Crippen molar-refractivity contribution in [2.75, 3.05) is 7.11 Å². The zero-order valence-corrected chi connectivity index (χ0v) is 17.4. The average molecular weight is 442 g/mol. The van der Waals surface area contributed by atoms with Gasteiger partial charge in [-0.25, -0.2) is 9.59 Å². The van der Waals surface area contributed by atoms with Gasteiger partial charge in [-0.05, 0) is 23.3 Å². The molecule has 0 bridgehead atoms. The Hall–Kier alpha value is -3.65. The summed E-state index contributed by atoms with van der Waals surface area (Å²) >= 11 is 5.85. The lowest BCUT2D eigenvalue weighted by Crippen LogP contribution is -2.47. The summed E-state index contributed by atoms with van der Waals surface area (Å²) in [6.45, 7) is -0.544. The van der Waals surface area contributed by atoms with Crippen LogP contribution in [0.1, 0.15) is 5.56 Å². The number of aromatic nitrogens is 2. The van der Waals surface area contributed by atoms with E-state index in [1.54, 1.807) is 24.3 Å². The summed E-state index contributed by atoms with van der Waals surface area (Å²) in [5.41, 5.74) is 0.330. The molecule has 3 aromatic rings. The van der Waals surface area contributed by atoms with Crippen LogP contribution in [0.5, 0.6) is 0 Å². The molecule has 160 valence electrons. The van der Waals surface area contributed by atoms with Gasteiger partial charge < -0.3 is 15.0 Å². The van der Waals surface area contributed by atoms with Gasteiger partial charge in [0.05, 0.1) is 12.8 Å². The summed E-state index contributed by atoms with van der Waals surface area (Å²) in [5, 5.41) is 3.05. The fourth-order valence-electron chi connectivity index (χ4n) is 3.02. The Morgan fingerprint density at radius 1 is 1.10 bits per heavy atom. The van der Waals surface area contributed by atoms with Gasteiger partial charge in [-0.15, -0.1) is 0 Å². The maximum atomic E-state index is 12.5. The van der Waals surface area contributed by atoms with E-state index in [9.17, 15) is 19.2 Å². The molecule has 0 fully saturated rings. The number of benzene rings is 2. The number of nitrogens with one attached hydrogen (secondary N) is 2. The van der Waals surface area contributed by atoms with Crippen molar-refractivity contribution in [3.8, 4) is 11.3 Å². The largest absolute Gasteiger partial charge is 0.467 e. The Balaban J connectivity index is 1.77. The number of carbonyl (C=O) groups is 2. The van der Waals surface area contributed by atoms with E-state index in [0.29, 0.717) is 16.3 Å². The molecule has 1 amide bonds. The number of ether oxygens (including phenoxy) is 1. The van der Waals surface area contributed by atoms with Crippen LogP contribution in [0.25, 0.3) is 11.3 Å². The van der Waals surface area contributed by atoms with Crippen LogP contribution in [0.15, 0.2) is 70.3 Å². The number of aromatic amines is 1. The molecule has 0 spiro atoms. The predicted molar refractivity (Wildman–Crippen MR) is 116 cm³/mol. The minimum Gasteiger partial charge on any atom is -0.467 e. The molecule has 1 heterocycles. The summed E-state index contributed by atoms with van der Waals surface area (Å²) < 4.78 is 5.51. The SMILES string of the molecule is COC(=O)C(Cc1ccccc1)NC(=O)Cn1c(=O)cc(-c2ccc(Cl)cc2)[nH]c1=O. The highest BCUT2D eigenvalue weighted by Gasteiger charge is 2.22. The Labute approximate surface area is 182 Å². The smallest absolute Gasteiger partial charge is 0.329 e. The van der Waals surface area contributed by atoms with Gasteiger partial charge in [0.2, 0.25) is 5.91 Å². The van der Waals surface area contributed by atoms with E-state index in [2.05, 4.69) is 10.3 Å². The maximum Gasteiger partial charge on any atom is 0.329 e. The lowest BCUT2D eigenvalue weighted by molar-refractivity contribution is -0.145. The van der Waals surface area contributed by atoms with Crippen molar-refractivity contribution in [3.63, 3.8) is 0 Å². The highest BCUT2D eigenvalue weighted by Crippen LogP contribution is 2.17. The molecule has 0 aliphatic carbocycles. The van der Waals surface area contributed by atoms with E-state index in [1.165, 1.54) is 13.2 Å². The van der Waals surface area contributed by atoms with E-state index in [1.807, 2.05) is 30.3 Å². The first kappa shape index (κ1) is 22.0. The Kier molecular flexibility index (Phi) is 7.04. The molecule has 0 saturated heterocycles. The Morgan fingerprint density at radius 3 is 2.39 bits per heavy atom. The van der Waals surface area contributed by atoms with Gasteiger partial charge in [0.15, 0.2) is 0 Å².